The minimum absolute atomic E-state index is 0.243. The fourth-order valence-corrected chi connectivity index (χ4v) is 4.26. The molecule has 1 N–H and O–H groups in total. The Balaban J connectivity index is 1.97. The van der Waals surface area contributed by atoms with Crippen LogP contribution >= 0.6 is 0 Å². The van der Waals surface area contributed by atoms with Gasteiger partial charge in [0, 0.05) is 11.8 Å². The number of hydrogen-bond donors (Lipinski definition) is 1. The Morgan fingerprint density at radius 3 is 2.48 bits per heavy atom. The van der Waals surface area contributed by atoms with Gasteiger partial charge in [0.1, 0.15) is 0 Å². The average Bonchev–Trinajstić information content (AvgIpc) is 3.04. The summed E-state index contributed by atoms with van der Waals surface area (Å²) in [5, 5.41) is 9.26. The monoisotopic (exact) mass is 318 g/mol. The molecule has 0 aromatic heterocycles. The second-order valence-corrected chi connectivity index (χ2v) is 6.88. The first-order valence-electron chi connectivity index (χ1n) is 8.66. The maximum atomic E-state index is 11.3. The largest absolute Gasteiger partial charge is 0.481 e. The zero-order valence-electron chi connectivity index (χ0n) is 13.8. The smallest absolute Gasteiger partial charge is 0.306 e. The highest BCUT2D eigenvalue weighted by Gasteiger charge is 2.57. The van der Waals surface area contributed by atoms with Crippen LogP contribution < -0.4 is 0 Å². The molecule has 2 atom stereocenters. The Morgan fingerprint density at radius 2 is 1.83 bits per heavy atom. The first-order chi connectivity index (χ1) is 11.1. The Labute approximate surface area is 137 Å². The normalized spacial score (nSPS) is 27.9. The van der Waals surface area contributed by atoms with E-state index >= 15 is 0 Å². The lowest BCUT2D eigenvalue weighted by atomic mass is 9.62. The number of carboxylic acid groups (broad SMARTS) is 1. The summed E-state index contributed by atoms with van der Waals surface area (Å²) in [6, 6.07) is 10.4. The second kappa shape index (κ2) is 6.62. The van der Waals surface area contributed by atoms with Gasteiger partial charge in [-0.3, -0.25) is 4.79 Å². The lowest BCUT2D eigenvalue weighted by Gasteiger charge is -2.51. The quantitative estimate of drug-likeness (QED) is 0.898. The van der Waals surface area contributed by atoms with Crippen molar-refractivity contribution in [3.8, 4) is 0 Å². The van der Waals surface area contributed by atoms with E-state index in [-0.39, 0.29) is 11.3 Å². The highest BCUT2D eigenvalue weighted by atomic mass is 16.7. The number of aliphatic carboxylic acids is 1. The van der Waals surface area contributed by atoms with E-state index < -0.39 is 11.8 Å². The first kappa shape index (κ1) is 16.5. The van der Waals surface area contributed by atoms with Crippen molar-refractivity contribution < 1.29 is 19.4 Å². The minimum atomic E-state index is -0.730. The van der Waals surface area contributed by atoms with Gasteiger partial charge in [-0.05, 0) is 31.2 Å². The van der Waals surface area contributed by atoms with Gasteiger partial charge in [0.25, 0.3) is 0 Å². The van der Waals surface area contributed by atoms with Gasteiger partial charge >= 0.3 is 5.97 Å². The molecule has 1 aromatic carbocycles. The van der Waals surface area contributed by atoms with Crippen molar-refractivity contribution in [2.75, 3.05) is 13.2 Å². The molecule has 1 aliphatic heterocycles. The maximum absolute atomic E-state index is 11.3. The molecule has 126 valence electrons. The Bertz CT molecular complexity index is 536. The Hall–Kier alpha value is -1.39. The van der Waals surface area contributed by atoms with E-state index in [4.69, 9.17) is 9.47 Å². The van der Waals surface area contributed by atoms with Crippen LogP contribution in [0.15, 0.2) is 30.3 Å². The third kappa shape index (κ3) is 2.90. The number of ether oxygens (including phenoxy) is 2. The lowest BCUT2D eigenvalue weighted by Crippen LogP contribution is -2.55. The van der Waals surface area contributed by atoms with E-state index in [1.165, 1.54) is 5.56 Å². The van der Waals surface area contributed by atoms with E-state index in [1.807, 2.05) is 6.07 Å². The number of benzene rings is 1. The van der Waals surface area contributed by atoms with Crippen molar-refractivity contribution in [3.63, 3.8) is 0 Å². The van der Waals surface area contributed by atoms with Gasteiger partial charge in [0.15, 0.2) is 5.79 Å². The van der Waals surface area contributed by atoms with E-state index in [1.54, 1.807) is 6.92 Å². The molecule has 0 bridgehead atoms. The molecule has 3 rings (SSSR count). The van der Waals surface area contributed by atoms with Gasteiger partial charge in [0.05, 0.1) is 19.1 Å². The molecule has 4 nitrogen and oxygen atoms in total. The van der Waals surface area contributed by atoms with E-state index in [0.29, 0.717) is 19.6 Å². The second-order valence-electron chi connectivity index (χ2n) is 6.88. The molecule has 0 radical (unpaired) electrons. The van der Waals surface area contributed by atoms with Gasteiger partial charge < -0.3 is 14.6 Å². The molecule has 23 heavy (non-hydrogen) atoms. The van der Waals surface area contributed by atoms with Crippen LogP contribution in [0.25, 0.3) is 0 Å². The van der Waals surface area contributed by atoms with Gasteiger partial charge in [-0.2, -0.15) is 0 Å². The highest BCUT2D eigenvalue weighted by molar-refractivity contribution is 5.69. The minimum Gasteiger partial charge on any atom is -0.481 e. The maximum Gasteiger partial charge on any atom is 0.306 e. The van der Waals surface area contributed by atoms with Crippen LogP contribution in [0.4, 0.5) is 0 Å². The van der Waals surface area contributed by atoms with Crippen molar-refractivity contribution in [2.24, 2.45) is 5.92 Å². The summed E-state index contributed by atoms with van der Waals surface area (Å²) in [6.45, 7) is 3.04. The van der Waals surface area contributed by atoms with Crippen LogP contribution in [0.1, 0.15) is 51.0 Å². The third-order valence-electron chi connectivity index (χ3n) is 5.59. The van der Waals surface area contributed by atoms with Crippen LogP contribution in [0, 0.1) is 5.92 Å². The van der Waals surface area contributed by atoms with Gasteiger partial charge in [-0.15, -0.1) is 0 Å². The zero-order valence-corrected chi connectivity index (χ0v) is 13.8. The average molecular weight is 318 g/mol. The summed E-state index contributed by atoms with van der Waals surface area (Å²) in [5.41, 5.74) is 0.978. The standard InChI is InChI=1S/C19H26O4/c1-15(17(20)21)9-12-18(16-7-3-2-4-8-16)10-5-6-11-19(18)22-13-14-23-19/h2-4,7-8,15H,5-6,9-14H2,1H3,(H,20,21). The highest BCUT2D eigenvalue weighted by Crippen LogP contribution is 2.53. The van der Waals surface area contributed by atoms with E-state index in [0.717, 1.165) is 32.1 Å². The summed E-state index contributed by atoms with van der Waals surface area (Å²) in [4.78, 5) is 11.3. The third-order valence-corrected chi connectivity index (χ3v) is 5.59. The van der Waals surface area contributed by atoms with Crippen molar-refractivity contribution in [1.82, 2.24) is 0 Å². The SMILES string of the molecule is CC(CCC1(c2ccccc2)CCCCC12OCCO2)C(=O)O. The molecular weight excluding hydrogens is 292 g/mol. The van der Waals surface area contributed by atoms with Crippen LogP contribution in [-0.2, 0) is 19.7 Å². The predicted octanol–water partition coefficient (Wildman–Crippen LogP) is 3.74. The fourth-order valence-electron chi connectivity index (χ4n) is 4.26. The van der Waals surface area contributed by atoms with E-state index in [9.17, 15) is 9.90 Å². The van der Waals surface area contributed by atoms with Gasteiger partial charge in [-0.1, -0.05) is 43.7 Å². The van der Waals surface area contributed by atoms with E-state index in [2.05, 4.69) is 24.3 Å². The summed E-state index contributed by atoms with van der Waals surface area (Å²) in [7, 11) is 0. The predicted molar refractivity (Wildman–Crippen MR) is 87.3 cm³/mol. The molecule has 1 spiro atoms. The molecular formula is C19H26O4. The molecule has 0 amide bonds. The molecule has 2 aliphatic rings. The molecule has 1 heterocycles. The summed E-state index contributed by atoms with van der Waals surface area (Å²) < 4.78 is 12.3. The Morgan fingerprint density at radius 1 is 1.17 bits per heavy atom. The van der Waals surface area contributed by atoms with Crippen molar-refractivity contribution in [3.05, 3.63) is 35.9 Å². The van der Waals surface area contributed by atoms with Gasteiger partial charge in [-0.25, -0.2) is 0 Å². The molecule has 2 fully saturated rings. The number of rotatable bonds is 5. The molecule has 1 saturated carbocycles. The number of carboxylic acids is 1. The molecule has 4 heteroatoms. The first-order valence-corrected chi connectivity index (χ1v) is 8.66. The van der Waals surface area contributed by atoms with Crippen LogP contribution in [0.5, 0.6) is 0 Å². The zero-order chi connectivity index (χ0) is 16.3. The molecule has 1 aliphatic carbocycles. The van der Waals surface area contributed by atoms with Crippen molar-refractivity contribution in [2.45, 2.75) is 56.7 Å². The number of hydrogen-bond acceptors (Lipinski definition) is 3. The molecule has 1 aromatic rings. The van der Waals surface area contributed by atoms with Crippen LogP contribution in [0.2, 0.25) is 0 Å². The lowest BCUT2D eigenvalue weighted by molar-refractivity contribution is -0.229. The van der Waals surface area contributed by atoms with Crippen molar-refractivity contribution >= 4 is 5.97 Å². The van der Waals surface area contributed by atoms with Crippen LogP contribution in [0.3, 0.4) is 0 Å². The fraction of sp³-hybridized carbons (Fsp3) is 0.632. The molecule has 1 saturated heterocycles. The number of carbonyl (C=O) groups is 1. The van der Waals surface area contributed by atoms with Crippen LogP contribution in [-0.4, -0.2) is 30.1 Å². The van der Waals surface area contributed by atoms with Crippen molar-refractivity contribution in [1.29, 1.82) is 0 Å². The summed E-state index contributed by atoms with van der Waals surface area (Å²) in [6.07, 6.45) is 5.53. The van der Waals surface area contributed by atoms with Gasteiger partial charge in [0.2, 0.25) is 0 Å². The summed E-state index contributed by atoms with van der Waals surface area (Å²) >= 11 is 0. The molecule has 2 unspecified atom stereocenters. The topological polar surface area (TPSA) is 55.8 Å². The Kier molecular flexibility index (Phi) is 4.74. The summed E-state index contributed by atoms with van der Waals surface area (Å²) in [5.74, 6) is -1.66.